The number of aromatic nitrogens is 1. The molecular weight excluding hydrogens is 604 g/mol. The number of carbonyl (C=O) groups excluding carboxylic acids is 1. The smallest absolute Gasteiger partial charge is 0.410 e. The Morgan fingerprint density at radius 3 is 2.57 bits per heavy atom. The van der Waals surface area contributed by atoms with Crippen molar-refractivity contribution in [3.63, 3.8) is 0 Å². The first-order valence-electron chi connectivity index (χ1n) is 13.9. The van der Waals surface area contributed by atoms with E-state index in [1.165, 1.54) is 30.2 Å². The second kappa shape index (κ2) is 13.3. The first-order valence-corrected chi connectivity index (χ1v) is 14.9. The van der Waals surface area contributed by atoms with Crippen molar-refractivity contribution < 1.29 is 40.2 Å². The molecule has 44 heavy (non-hydrogen) atoms. The lowest BCUT2D eigenvalue weighted by atomic mass is 10.0. The minimum absolute atomic E-state index is 0.0424. The average Bonchev–Trinajstić information content (AvgIpc) is 3.27. The Kier molecular flexibility index (Phi) is 9.88. The Hall–Kier alpha value is -4.12. The quantitative estimate of drug-likeness (QED) is 0.267. The number of nitrogens with one attached hydrogen (secondary N) is 2. The van der Waals surface area contributed by atoms with Crippen LogP contribution in [-0.2, 0) is 26.3 Å². The summed E-state index contributed by atoms with van der Waals surface area (Å²) in [5.74, 6) is 6.01. The fourth-order valence-electron chi connectivity index (χ4n) is 4.93. The van der Waals surface area contributed by atoms with E-state index in [2.05, 4.69) is 22.5 Å². The molecule has 0 spiro atoms. The number of alkyl halides is 4. The van der Waals surface area contributed by atoms with Gasteiger partial charge in [0.05, 0.1) is 48.0 Å². The summed E-state index contributed by atoms with van der Waals surface area (Å²) in [6, 6.07) is 5.66. The maximum atomic E-state index is 15.2. The first kappa shape index (κ1) is 32.8. The molecule has 9 nitrogen and oxygen atoms in total. The summed E-state index contributed by atoms with van der Waals surface area (Å²) in [4.78, 5) is 13.9. The molecular formula is C30H34F4N4O5S. The van der Waals surface area contributed by atoms with Crippen LogP contribution in [0.4, 0.5) is 28.0 Å². The second-order valence-corrected chi connectivity index (χ2v) is 12.4. The van der Waals surface area contributed by atoms with Crippen molar-refractivity contribution in [3.8, 4) is 11.8 Å². The molecule has 2 aromatic rings. The van der Waals surface area contributed by atoms with Crippen molar-refractivity contribution >= 4 is 37.8 Å². The third kappa shape index (κ3) is 8.28. The summed E-state index contributed by atoms with van der Waals surface area (Å²) in [5, 5.41) is 6.59. The zero-order valence-corrected chi connectivity index (χ0v) is 25.5. The second-order valence-electron chi connectivity index (χ2n) is 11.4. The summed E-state index contributed by atoms with van der Waals surface area (Å²) in [5.41, 5.74) is 0.640. The Balaban J connectivity index is 1.54. The van der Waals surface area contributed by atoms with E-state index in [9.17, 15) is 26.4 Å². The number of hydrogen-bond donors (Lipinski definition) is 2. The minimum atomic E-state index is -4.52. The van der Waals surface area contributed by atoms with Crippen LogP contribution in [0.5, 0.6) is 0 Å². The third-order valence-corrected chi connectivity index (χ3v) is 7.64. The van der Waals surface area contributed by atoms with Crippen molar-refractivity contribution in [1.82, 2.24) is 14.8 Å². The van der Waals surface area contributed by atoms with Crippen LogP contribution in [0.1, 0.15) is 39.3 Å². The van der Waals surface area contributed by atoms with E-state index < -0.39 is 46.9 Å². The Labute approximate surface area is 254 Å². The van der Waals surface area contributed by atoms with E-state index in [0.29, 0.717) is 22.5 Å². The van der Waals surface area contributed by atoms with Crippen molar-refractivity contribution in [2.24, 2.45) is 0 Å². The van der Waals surface area contributed by atoms with Crippen molar-refractivity contribution in [1.29, 1.82) is 0 Å². The molecule has 1 aromatic carbocycles. The van der Waals surface area contributed by atoms with Crippen LogP contribution in [0.25, 0.3) is 10.9 Å². The van der Waals surface area contributed by atoms with Gasteiger partial charge in [0.25, 0.3) is 0 Å². The lowest BCUT2D eigenvalue weighted by molar-refractivity contribution is -0.140. The Bertz CT molecular complexity index is 1670. The van der Waals surface area contributed by atoms with Gasteiger partial charge in [-0.05, 0) is 63.5 Å². The van der Waals surface area contributed by atoms with Gasteiger partial charge < -0.3 is 29.6 Å². The highest BCUT2D eigenvalue weighted by Crippen LogP contribution is 2.32. The molecule has 1 amide bonds. The molecule has 14 heteroatoms. The normalized spacial score (nSPS) is 19.0. The molecule has 0 saturated carbocycles. The third-order valence-electron chi connectivity index (χ3n) is 6.93. The maximum Gasteiger partial charge on any atom is 0.410 e. The number of anilines is 1. The number of hydrogen-bond acceptors (Lipinski definition) is 7. The lowest BCUT2D eigenvalue weighted by Crippen LogP contribution is -2.51. The molecule has 4 rings (SSSR count). The van der Waals surface area contributed by atoms with Gasteiger partial charge in [-0.25, -0.2) is 9.18 Å². The van der Waals surface area contributed by atoms with Crippen LogP contribution in [0.3, 0.4) is 0 Å². The van der Waals surface area contributed by atoms with E-state index in [1.807, 2.05) is 0 Å². The predicted octanol–water partition coefficient (Wildman–Crippen LogP) is 4.77. The molecule has 1 fully saturated rings. The lowest BCUT2D eigenvalue weighted by Gasteiger charge is -2.36. The fourth-order valence-corrected chi connectivity index (χ4v) is 5.36. The molecule has 1 aromatic heterocycles. The summed E-state index contributed by atoms with van der Waals surface area (Å²) in [6.07, 6.45) is -3.26. The van der Waals surface area contributed by atoms with Gasteiger partial charge in [0.1, 0.15) is 24.1 Å². The summed E-state index contributed by atoms with van der Waals surface area (Å²) in [7, 11) is -0.979. The SMILES string of the molecule is COC1=C(NCC#Cc2cc3c(N[C@@H]4CCN(C(=O)OC(C)(C)C)C[C@@H]4F)cccc3n2CC(F)(F)F)C=CC(=S(=O)=O)C1. The van der Waals surface area contributed by atoms with Gasteiger partial charge in [0, 0.05) is 24.0 Å². The molecule has 238 valence electrons. The molecule has 1 aliphatic heterocycles. The molecule has 0 unspecified atom stereocenters. The molecule has 2 aliphatic rings. The average molecular weight is 639 g/mol. The number of benzene rings is 1. The monoisotopic (exact) mass is 638 g/mol. The van der Waals surface area contributed by atoms with Crippen LogP contribution in [0.15, 0.2) is 47.9 Å². The molecule has 2 N–H and O–H groups in total. The van der Waals surface area contributed by atoms with Gasteiger partial charge in [0.15, 0.2) is 0 Å². The van der Waals surface area contributed by atoms with E-state index in [4.69, 9.17) is 9.47 Å². The number of halogens is 4. The van der Waals surface area contributed by atoms with Gasteiger partial charge in [-0.2, -0.15) is 21.6 Å². The number of allylic oxidation sites excluding steroid dienone is 3. The van der Waals surface area contributed by atoms with Crippen LogP contribution in [0, 0.1) is 11.8 Å². The van der Waals surface area contributed by atoms with E-state index in [1.54, 1.807) is 39.0 Å². The van der Waals surface area contributed by atoms with Gasteiger partial charge in [0.2, 0.25) is 10.3 Å². The topological polar surface area (TPSA) is 102 Å². The van der Waals surface area contributed by atoms with Crippen LogP contribution < -0.4 is 10.6 Å². The molecule has 1 aliphatic carbocycles. The standard InChI is InChI=1S/C30H34F4N4O5S/c1-29(2,3)43-28(39)37-14-12-24(22(31)17-37)36-23-8-5-9-26-21(23)15-19(38(26)18-30(32,33)34)7-6-13-35-25-11-10-20(44(40)41)16-27(25)42-4/h5,8-11,15,22,24,35-36H,12-14,16-18H2,1-4H3/t22-,24+/m0/s1. The Morgan fingerprint density at radius 2 is 1.93 bits per heavy atom. The number of methoxy groups -OCH3 is 1. The van der Waals surface area contributed by atoms with Crippen LogP contribution in [0.2, 0.25) is 0 Å². The number of carbonyl (C=O) groups is 1. The molecule has 2 heterocycles. The number of likely N-dealkylation sites (tertiary alicyclic amines) is 1. The molecule has 0 radical (unpaired) electrons. The van der Waals surface area contributed by atoms with E-state index in [0.717, 1.165) is 4.57 Å². The fraction of sp³-hybridized carbons (Fsp3) is 0.467. The Morgan fingerprint density at radius 1 is 1.18 bits per heavy atom. The van der Waals surface area contributed by atoms with Crippen molar-refractivity contribution in [2.75, 3.05) is 32.1 Å². The zero-order valence-electron chi connectivity index (χ0n) is 24.7. The minimum Gasteiger partial charge on any atom is -0.499 e. The molecule has 0 bridgehead atoms. The zero-order chi connectivity index (χ0) is 32.2. The van der Waals surface area contributed by atoms with E-state index in [-0.39, 0.29) is 48.6 Å². The van der Waals surface area contributed by atoms with Gasteiger partial charge in [-0.1, -0.05) is 12.0 Å². The highest BCUT2D eigenvalue weighted by Gasteiger charge is 2.34. The predicted molar refractivity (Wildman–Crippen MR) is 159 cm³/mol. The number of piperidine rings is 1. The number of nitrogens with zero attached hydrogens (tertiary/aromatic N) is 2. The summed E-state index contributed by atoms with van der Waals surface area (Å²) < 4.78 is 90.2. The molecule has 1 saturated heterocycles. The van der Waals surface area contributed by atoms with Crippen molar-refractivity contribution in [2.45, 2.75) is 64.1 Å². The summed E-state index contributed by atoms with van der Waals surface area (Å²) >= 11 is 0. The molecule has 2 atom stereocenters. The number of amides is 1. The first-order chi connectivity index (χ1) is 20.6. The maximum absolute atomic E-state index is 15.2. The van der Waals surface area contributed by atoms with Gasteiger partial charge >= 0.3 is 12.3 Å². The van der Waals surface area contributed by atoms with Crippen molar-refractivity contribution in [3.05, 3.63) is 53.6 Å². The van der Waals surface area contributed by atoms with Gasteiger partial charge in [-0.3, -0.25) is 0 Å². The number of ether oxygens (including phenoxy) is 2. The van der Waals surface area contributed by atoms with E-state index >= 15 is 4.39 Å². The number of fused-ring (bicyclic) bond motifs is 1. The van der Waals surface area contributed by atoms with Crippen LogP contribution in [-0.4, -0.2) is 79.6 Å². The summed E-state index contributed by atoms with van der Waals surface area (Å²) in [6.45, 7) is 4.03. The van der Waals surface area contributed by atoms with Crippen LogP contribution >= 0.6 is 0 Å². The highest BCUT2D eigenvalue weighted by atomic mass is 32.2. The largest absolute Gasteiger partial charge is 0.499 e. The van der Waals surface area contributed by atoms with Gasteiger partial charge in [-0.15, -0.1) is 0 Å². The highest BCUT2D eigenvalue weighted by molar-refractivity contribution is 7.73. The number of rotatable bonds is 6.